The van der Waals surface area contributed by atoms with Crippen LogP contribution in [0.1, 0.15) is 13.8 Å². The zero-order valence-electron chi connectivity index (χ0n) is 9.55. The Balaban J connectivity index is 3.01. The molecule has 0 aromatic heterocycles. The van der Waals surface area contributed by atoms with Crippen LogP contribution in [0.5, 0.6) is 0 Å². The number of hydrogen-bond acceptors (Lipinski definition) is 4. The van der Waals surface area contributed by atoms with Crippen LogP contribution >= 0.6 is 15.9 Å². The predicted molar refractivity (Wildman–Crippen MR) is 67.5 cm³/mol. The van der Waals surface area contributed by atoms with Crippen molar-refractivity contribution in [2.45, 2.75) is 19.4 Å². The van der Waals surface area contributed by atoms with E-state index in [1.165, 1.54) is 0 Å². The van der Waals surface area contributed by atoms with Crippen molar-refractivity contribution < 1.29 is 0 Å². The minimum absolute atomic E-state index is 0.211. The molecule has 0 aliphatic rings. The molecule has 0 bridgehead atoms. The SMILES string of the molecule is CC(C)C(C#N)(C#N)N=Nc1ccc(Br)cc1. The van der Waals surface area contributed by atoms with Crippen LogP contribution in [0.2, 0.25) is 0 Å². The van der Waals surface area contributed by atoms with E-state index in [1.807, 2.05) is 24.3 Å². The average molecular weight is 291 g/mol. The molecule has 4 nitrogen and oxygen atoms in total. The molecule has 17 heavy (non-hydrogen) atoms. The van der Waals surface area contributed by atoms with Crippen LogP contribution in [0.4, 0.5) is 5.69 Å². The zero-order valence-corrected chi connectivity index (χ0v) is 11.1. The van der Waals surface area contributed by atoms with E-state index in [0.717, 1.165) is 4.47 Å². The lowest BCUT2D eigenvalue weighted by Gasteiger charge is -2.15. The molecule has 86 valence electrons. The Kier molecular flexibility index (Phi) is 4.37. The van der Waals surface area contributed by atoms with Gasteiger partial charge in [-0.1, -0.05) is 29.8 Å². The summed E-state index contributed by atoms with van der Waals surface area (Å²) in [7, 11) is 0. The van der Waals surface area contributed by atoms with Gasteiger partial charge in [0.1, 0.15) is 12.1 Å². The fourth-order valence-corrected chi connectivity index (χ4v) is 1.35. The molecule has 1 aromatic carbocycles. The third-order valence-corrected chi connectivity index (χ3v) is 2.85. The Morgan fingerprint density at radius 1 is 1.18 bits per heavy atom. The van der Waals surface area contributed by atoms with Crippen molar-refractivity contribution in [2.24, 2.45) is 16.1 Å². The maximum atomic E-state index is 9.04. The lowest BCUT2D eigenvalue weighted by atomic mass is 9.91. The Morgan fingerprint density at radius 3 is 2.12 bits per heavy atom. The van der Waals surface area contributed by atoms with Gasteiger partial charge in [0.15, 0.2) is 0 Å². The van der Waals surface area contributed by atoms with Crippen LogP contribution in [0.15, 0.2) is 39.0 Å². The van der Waals surface area contributed by atoms with Crippen molar-refractivity contribution in [1.29, 1.82) is 10.5 Å². The van der Waals surface area contributed by atoms with E-state index in [4.69, 9.17) is 10.5 Å². The maximum absolute atomic E-state index is 9.04. The topological polar surface area (TPSA) is 72.3 Å². The third-order valence-electron chi connectivity index (χ3n) is 2.33. The molecule has 1 rings (SSSR count). The summed E-state index contributed by atoms with van der Waals surface area (Å²) in [6.07, 6.45) is 0. The molecule has 0 aliphatic heterocycles. The molecule has 0 saturated carbocycles. The van der Waals surface area contributed by atoms with Crippen molar-refractivity contribution in [3.8, 4) is 12.1 Å². The number of benzene rings is 1. The van der Waals surface area contributed by atoms with E-state index < -0.39 is 5.54 Å². The van der Waals surface area contributed by atoms with Gasteiger partial charge in [-0.05, 0) is 24.3 Å². The first-order valence-electron chi connectivity index (χ1n) is 5.05. The fraction of sp³-hybridized carbons (Fsp3) is 0.333. The molecule has 1 aromatic rings. The molecule has 0 radical (unpaired) electrons. The van der Waals surface area contributed by atoms with E-state index >= 15 is 0 Å². The van der Waals surface area contributed by atoms with Crippen LogP contribution in [-0.2, 0) is 0 Å². The standard InChI is InChI=1S/C12H11BrN4/c1-9(2)12(7-14,8-15)17-16-11-5-3-10(13)4-6-11/h3-6,9H,1-2H3. The molecule has 0 heterocycles. The van der Waals surface area contributed by atoms with Gasteiger partial charge in [0, 0.05) is 10.4 Å². The number of rotatable bonds is 3. The smallest absolute Gasteiger partial charge is 0.194 e. The largest absolute Gasteiger partial charge is 0.254 e. The number of hydrogen-bond donors (Lipinski definition) is 0. The lowest BCUT2D eigenvalue weighted by Crippen LogP contribution is -2.28. The summed E-state index contributed by atoms with van der Waals surface area (Å²) < 4.78 is 0.937. The van der Waals surface area contributed by atoms with Gasteiger partial charge in [0.2, 0.25) is 0 Å². The molecule has 0 spiro atoms. The number of nitrogens with zero attached hydrogens (tertiary/aromatic N) is 4. The highest BCUT2D eigenvalue weighted by Crippen LogP contribution is 2.24. The molecule has 0 N–H and O–H groups in total. The number of azo groups is 1. The van der Waals surface area contributed by atoms with Gasteiger partial charge in [0.05, 0.1) is 5.69 Å². The fourth-order valence-electron chi connectivity index (χ4n) is 1.09. The maximum Gasteiger partial charge on any atom is 0.254 e. The highest BCUT2D eigenvalue weighted by Gasteiger charge is 2.34. The van der Waals surface area contributed by atoms with E-state index in [9.17, 15) is 0 Å². The van der Waals surface area contributed by atoms with Gasteiger partial charge in [-0.2, -0.15) is 20.8 Å². The first-order valence-corrected chi connectivity index (χ1v) is 5.84. The second-order valence-electron chi connectivity index (χ2n) is 3.82. The van der Waals surface area contributed by atoms with Gasteiger partial charge in [-0.3, -0.25) is 0 Å². The monoisotopic (exact) mass is 290 g/mol. The van der Waals surface area contributed by atoms with Crippen LogP contribution in [0, 0.1) is 28.6 Å². The van der Waals surface area contributed by atoms with Gasteiger partial charge in [-0.25, -0.2) is 0 Å². The molecule has 0 saturated heterocycles. The van der Waals surface area contributed by atoms with Crippen molar-refractivity contribution in [1.82, 2.24) is 0 Å². The summed E-state index contributed by atoms with van der Waals surface area (Å²) in [5.41, 5.74) is -0.795. The van der Waals surface area contributed by atoms with Crippen molar-refractivity contribution in [2.75, 3.05) is 0 Å². The molecule has 0 fully saturated rings. The molecular weight excluding hydrogens is 280 g/mol. The van der Waals surface area contributed by atoms with E-state index in [-0.39, 0.29) is 5.92 Å². The Hall–Kier alpha value is -1.72. The van der Waals surface area contributed by atoms with Crippen LogP contribution in [0.25, 0.3) is 0 Å². The zero-order chi connectivity index (χ0) is 12.9. The molecule has 0 amide bonds. The van der Waals surface area contributed by atoms with Crippen molar-refractivity contribution >= 4 is 21.6 Å². The van der Waals surface area contributed by atoms with E-state index in [0.29, 0.717) is 5.69 Å². The van der Waals surface area contributed by atoms with Gasteiger partial charge in [-0.15, -0.1) is 0 Å². The highest BCUT2D eigenvalue weighted by atomic mass is 79.9. The molecule has 0 atom stereocenters. The van der Waals surface area contributed by atoms with Crippen LogP contribution in [0.3, 0.4) is 0 Å². The van der Waals surface area contributed by atoms with Gasteiger partial charge < -0.3 is 0 Å². The summed E-state index contributed by atoms with van der Waals surface area (Å²) in [6.45, 7) is 3.54. The van der Waals surface area contributed by atoms with Crippen molar-refractivity contribution in [3.63, 3.8) is 0 Å². The Morgan fingerprint density at radius 2 is 1.71 bits per heavy atom. The summed E-state index contributed by atoms with van der Waals surface area (Å²) in [6, 6.07) is 11.0. The Bertz CT molecular complexity index is 477. The second kappa shape index (κ2) is 5.56. The Labute approximate surface area is 109 Å². The molecule has 5 heteroatoms. The van der Waals surface area contributed by atoms with Crippen LogP contribution < -0.4 is 0 Å². The molecule has 0 aliphatic carbocycles. The first-order chi connectivity index (χ1) is 8.04. The van der Waals surface area contributed by atoms with Gasteiger partial charge >= 0.3 is 0 Å². The number of nitriles is 2. The quantitative estimate of drug-likeness (QED) is 0.790. The summed E-state index contributed by atoms with van der Waals surface area (Å²) in [5.74, 6) is -0.211. The molecular formula is C12H11BrN4. The normalized spacial score (nSPS) is 11.4. The van der Waals surface area contributed by atoms with Gasteiger partial charge in [0.25, 0.3) is 5.54 Å². The van der Waals surface area contributed by atoms with E-state index in [1.54, 1.807) is 26.0 Å². The summed E-state index contributed by atoms with van der Waals surface area (Å²) >= 11 is 3.31. The van der Waals surface area contributed by atoms with Crippen molar-refractivity contribution in [3.05, 3.63) is 28.7 Å². The van der Waals surface area contributed by atoms with Crippen LogP contribution in [-0.4, -0.2) is 5.54 Å². The second-order valence-corrected chi connectivity index (χ2v) is 4.74. The number of halogens is 1. The molecule has 0 unspecified atom stereocenters. The highest BCUT2D eigenvalue weighted by molar-refractivity contribution is 9.10. The summed E-state index contributed by atoms with van der Waals surface area (Å²) in [4.78, 5) is 0. The minimum Gasteiger partial charge on any atom is -0.194 e. The minimum atomic E-state index is -1.41. The van der Waals surface area contributed by atoms with E-state index in [2.05, 4.69) is 26.2 Å². The first kappa shape index (κ1) is 13.3. The average Bonchev–Trinajstić information content (AvgIpc) is 2.33. The lowest BCUT2D eigenvalue weighted by molar-refractivity contribution is 0.471. The summed E-state index contributed by atoms with van der Waals surface area (Å²) in [5, 5.41) is 25.9. The third kappa shape index (κ3) is 3.12. The predicted octanol–water partition coefficient (Wildman–Crippen LogP) is 3.97.